The number of benzene rings is 2. The van der Waals surface area contributed by atoms with Gasteiger partial charge in [-0.15, -0.1) is 0 Å². The van der Waals surface area contributed by atoms with Gasteiger partial charge in [-0.1, -0.05) is 18.2 Å². The number of fused-ring (bicyclic) bond motifs is 1. The molecule has 6 nitrogen and oxygen atoms in total. The number of carbonyl (C=O) groups is 2. The number of ether oxygens (including phenoxy) is 3. The third-order valence-corrected chi connectivity index (χ3v) is 5.06. The molecule has 0 aliphatic carbocycles. The smallest absolute Gasteiger partial charge is 0.338 e. The number of aromatic nitrogens is 1. The molecular weight excluding hydrogens is 370 g/mol. The van der Waals surface area contributed by atoms with Crippen molar-refractivity contribution in [1.29, 1.82) is 0 Å². The summed E-state index contributed by atoms with van der Waals surface area (Å²) in [5, 5.41) is 0.832. The Kier molecular flexibility index (Phi) is 5.62. The first-order chi connectivity index (χ1) is 14.1. The lowest BCUT2D eigenvalue weighted by Gasteiger charge is -2.11. The van der Waals surface area contributed by atoms with E-state index in [0.29, 0.717) is 23.5 Å². The van der Waals surface area contributed by atoms with Crippen molar-refractivity contribution in [3.63, 3.8) is 0 Å². The summed E-state index contributed by atoms with van der Waals surface area (Å²) in [6, 6.07) is 14.3. The van der Waals surface area contributed by atoms with Gasteiger partial charge in [0.2, 0.25) is 5.78 Å². The molecule has 1 aliphatic rings. The largest absolute Gasteiger partial charge is 0.491 e. The number of rotatable bonds is 7. The summed E-state index contributed by atoms with van der Waals surface area (Å²) in [4.78, 5) is 28.1. The van der Waals surface area contributed by atoms with Crippen molar-refractivity contribution in [3.05, 3.63) is 65.4 Å². The molecule has 1 aromatic heterocycles. The molecule has 1 fully saturated rings. The van der Waals surface area contributed by atoms with E-state index in [1.54, 1.807) is 24.3 Å². The van der Waals surface area contributed by atoms with E-state index in [4.69, 9.17) is 14.2 Å². The van der Waals surface area contributed by atoms with Gasteiger partial charge < -0.3 is 19.2 Å². The highest BCUT2D eigenvalue weighted by atomic mass is 16.5. The number of hydrogen-bond acceptors (Lipinski definition) is 5. The molecule has 6 heteroatoms. The van der Waals surface area contributed by atoms with Crippen LogP contribution in [0.1, 0.15) is 39.3 Å². The second kappa shape index (κ2) is 8.49. The van der Waals surface area contributed by atoms with E-state index in [1.807, 2.05) is 31.2 Å². The quantitative estimate of drug-likeness (QED) is 0.484. The highest BCUT2D eigenvalue weighted by molar-refractivity contribution is 6.10. The topological polar surface area (TPSA) is 77.6 Å². The van der Waals surface area contributed by atoms with Crippen LogP contribution in [-0.4, -0.2) is 42.7 Å². The number of hydrogen-bond donors (Lipinski definition) is 1. The molecule has 0 radical (unpaired) electrons. The third kappa shape index (κ3) is 4.32. The van der Waals surface area contributed by atoms with E-state index >= 15 is 0 Å². The lowest BCUT2D eigenvalue weighted by molar-refractivity contribution is 0.0474. The van der Waals surface area contributed by atoms with Gasteiger partial charge >= 0.3 is 5.97 Å². The van der Waals surface area contributed by atoms with Crippen LogP contribution in [0.4, 0.5) is 0 Å². The highest BCUT2D eigenvalue weighted by Gasteiger charge is 2.19. The van der Waals surface area contributed by atoms with Gasteiger partial charge in [-0.2, -0.15) is 0 Å². The number of para-hydroxylation sites is 1. The van der Waals surface area contributed by atoms with Crippen molar-refractivity contribution in [2.45, 2.75) is 25.9 Å². The maximum Gasteiger partial charge on any atom is 0.338 e. The van der Waals surface area contributed by atoms with Gasteiger partial charge in [-0.3, -0.25) is 4.79 Å². The van der Waals surface area contributed by atoms with E-state index in [2.05, 4.69) is 4.98 Å². The van der Waals surface area contributed by atoms with Gasteiger partial charge in [0.25, 0.3) is 0 Å². The number of carbonyl (C=O) groups excluding carboxylic acids is 2. The fraction of sp³-hybridized carbons (Fsp3) is 0.304. The molecule has 1 atom stereocenters. The summed E-state index contributed by atoms with van der Waals surface area (Å²) >= 11 is 0. The normalized spacial score (nSPS) is 16.1. The fourth-order valence-corrected chi connectivity index (χ4v) is 3.57. The lowest BCUT2D eigenvalue weighted by atomic mass is 10.1. The molecule has 0 bridgehead atoms. The van der Waals surface area contributed by atoms with Gasteiger partial charge in [0.05, 0.1) is 11.7 Å². The molecule has 0 unspecified atom stereocenters. The molecule has 1 saturated heterocycles. The van der Waals surface area contributed by atoms with Crippen LogP contribution in [0.5, 0.6) is 5.75 Å². The molecule has 150 valence electrons. The molecule has 0 amide bonds. The molecule has 4 rings (SSSR count). The Morgan fingerprint density at radius 1 is 1.14 bits per heavy atom. The summed E-state index contributed by atoms with van der Waals surface area (Å²) in [5.74, 6) is -0.103. The zero-order valence-electron chi connectivity index (χ0n) is 16.3. The Balaban J connectivity index is 1.34. The molecule has 2 aromatic carbocycles. The molecule has 29 heavy (non-hydrogen) atoms. The summed E-state index contributed by atoms with van der Waals surface area (Å²) in [5.41, 5.74) is 2.59. The van der Waals surface area contributed by atoms with E-state index in [9.17, 15) is 9.59 Å². The molecular formula is C23H23NO5. The Hall–Kier alpha value is -3.12. The Morgan fingerprint density at radius 2 is 1.93 bits per heavy atom. The summed E-state index contributed by atoms with van der Waals surface area (Å²) in [7, 11) is 0. The zero-order valence-corrected chi connectivity index (χ0v) is 16.3. The molecule has 1 N–H and O–H groups in total. The predicted octanol–water partition coefficient (Wildman–Crippen LogP) is 4.07. The van der Waals surface area contributed by atoms with Crippen LogP contribution < -0.4 is 4.74 Å². The molecule has 2 heterocycles. The van der Waals surface area contributed by atoms with Crippen LogP contribution in [0.25, 0.3) is 10.9 Å². The van der Waals surface area contributed by atoms with Crippen molar-refractivity contribution < 1.29 is 23.8 Å². The Morgan fingerprint density at radius 3 is 2.69 bits per heavy atom. The second-order valence-electron chi connectivity index (χ2n) is 7.14. The van der Waals surface area contributed by atoms with E-state index in [-0.39, 0.29) is 18.5 Å². The van der Waals surface area contributed by atoms with Crippen LogP contribution in [0, 0.1) is 6.92 Å². The predicted molar refractivity (Wildman–Crippen MR) is 109 cm³/mol. The first-order valence-electron chi connectivity index (χ1n) is 9.74. The zero-order chi connectivity index (χ0) is 20.2. The highest BCUT2D eigenvalue weighted by Crippen LogP contribution is 2.22. The van der Waals surface area contributed by atoms with Gasteiger partial charge in [0, 0.05) is 28.8 Å². The third-order valence-electron chi connectivity index (χ3n) is 5.06. The number of H-pyrrole nitrogens is 1. The summed E-state index contributed by atoms with van der Waals surface area (Å²) in [6.07, 6.45) is 2.21. The van der Waals surface area contributed by atoms with Gasteiger partial charge in [-0.05, 0) is 50.1 Å². The summed E-state index contributed by atoms with van der Waals surface area (Å²) < 4.78 is 16.5. The minimum absolute atomic E-state index is 0.138. The SMILES string of the molecule is Cc1[nH]c2ccccc2c1C(=O)COC(=O)c1ccc(OC[C@H]2CCCO2)cc1. The summed E-state index contributed by atoms with van der Waals surface area (Å²) in [6.45, 7) is 2.82. The van der Waals surface area contributed by atoms with Crippen LogP contribution in [0.2, 0.25) is 0 Å². The molecule has 0 saturated carbocycles. The first kappa shape index (κ1) is 19.2. The number of aryl methyl sites for hydroxylation is 1. The first-order valence-corrected chi connectivity index (χ1v) is 9.74. The van der Waals surface area contributed by atoms with Crippen molar-refractivity contribution in [3.8, 4) is 5.75 Å². The second-order valence-corrected chi connectivity index (χ2v) is 7.14. The van der Waals surface area contributed by atoms with Crippen LogP contribution in [0.3, 0.4) is 0 Å². The van der Waals surface area contributed by atoms with Gasteiger partial charge in [0.15, 0.2) is 6.61 Å². The van der Waals surface area contributed by atoms with Crippen LogP contribution >= 0.6 is 0 Å². The maximum atomic E-state index is 12.6. The van der Waals surface area contributed by atoms with Gasteiger partial charge in [0.1, 0.15) is 12.4 Å². The van der Waals surface area contributed by atoms with E-state index in [1.165, 1.54) is 0 Å². The number of nitrogens with one attached hydrogen (secondary N) is 1. The number of ketones is 1. The minimum Gasteiger partial charge on any atom is -0.491 e. The molecule has 1 aliphatic heterocycles. The van der Waals surface area contributed by atoms with E-state index < -0.39 is 5.97 Å². The molecule has 3 aromatic rings. The number of aromatic amines is 1. The van der Waals surface area contributed by atoms with Crippen molar-refractivity contribution >= 4 is 22.7 Å². The maximum absolute atomic E-state index is 12.6. The lowest BCUT2D eigenvalue weighted by Crippen LogP contribution is -2.16. The van der Waals surface area contributed by atoms with Crippen molar-refractivity contribution in [1.82, 2.24) is 4.98 Å². The average Bonchev–Trinajstić information content (AvgIpc) is 3.37. The van der Waals surface area contributed by atoms with E-state index in [0.717, 1.165) is 36.0 Å². The average molecular weight is 393 g/mol. The fourth-order valence-electron chi connectivity index (χ4n) is 3.57. The minimum atomic E-state index is -0.540. The van der Waals surface area contributed by atoms with Crippen LogP contribution in [0.15, 0.2) is 48.5 Å². The monoisotopic (exact) mass is 393 g/mol. The standard InChI is InChI=1S/C23H23NO5/c1-15-22(19-6-2-3-7-20(19)24-15)21(25)14-29-23(26)16-8-10-17(11-9-16)28-13-18-5-4-12-27-18/h2-3,6-11,18,24H,4-5,12-14H2,1H3/t18-/m1/s1. The Labute approximate surface area is 168 Å². The van der Waals surface area contributed by atoms with Gasteiger partial charge in [-0.25, -0.2) is 4.79 Å². The Bertz CT molecular complexity index is 1020. The van der Waals surface area contributed by atoms with Crippen molar-refractivity contribution in [2.24, 2.45) is 0 Å². The molecule has 0 spiro atoms. The van der Waals surface area contributed by atoms with Crippen LogP contribution in [-0.2, 0) is 9.47 Å². The number of esters is 1. The number of Topliss-reactive ketones (excluding diaryl/α,β-unsaturated/α-hetero) is 1. The van der Waals surface area contributed by atoms with Crippen molar-refractivity contribution in [2.75, 3.05) is 19.8 Å².